The molecule has 22 heavy (non-hydrogen) atoms. The Morgan fingerprint density at radius 2 is 2.27 bits per heavy atom. The number of likely N-dealkylation sites (tertiary alicyclic amines) is 1. The molecule has 1 fully saturated rings. The van der Waals surface area contributed by atoms with Crippen LogP contribution in [0, 0.1) is 0 Å². The van der Waals surface area contributed by atoms with Gasteiger partial charge < -0.3 is 20.7 Å². The summed E-state index contributed by atoms with van der Waals surface area (Å²) in [4.78, 5) is 21.8. The molecule has 1 saturated heterocycles. The van der Waals surface area contributed by atoms with E-state index < -0.39 is 0 Å². The molecular formula is C15H23N5O2. The van der Waals surface area contributed by atoms with Crippen molar-refractivity contribution in [3.63, 3.8) is 0 Å². The van der Waals surface area contributed by atoms with Crippen molar-refractivity contribution in [2.75, 3.05) is 19.7 Å². The molecular weight excluding hydrogens is 282 g/mol. The minimum atomic E-state index is -0.238. The van der Waals surface area contributed by atoms with Gasteiger partial charge in [-0.15, -0.1) is 0 Å². The Kier molecular flexibility index (Phi) is 6.00. The zero-order chi connectivity index (χ0) is 15.8. The number of aliphatic imine (C=N–C) groups is 1. The smallest absolute Gasteiger partial charge is 0.409 e. The molecule has 1 aromatic heterocycles. The molecule has 0 atom stereocenters. The number of piperidine rings is 1. The minimum absolute atomic E-state index is 0.234. The Morgan fingerprint density at radius 3 is 2.91 bits per heavy atom. The lowest BCUT2D eigenvalue weighted by Gasteiger charge is -2.31. The Labute approximate surface area is 130 Å². The standard InChI is InChI=1S/C15H23N5O2/c1-2-22-15(21)20-9-6-12(7-10-20)19-14(16)18-11-13-5-3-4-8-17-13/h3-5,8,12H,2,6-7,9-11H2,1H3,(H3,16,18,19). The van der Waals surface area contributed by atoms with Gasteiger partial charge >= 0.3 is 6.09 Å². The van der Waals surface area contributed by atoms with Gasteiger partial charge in [-0.05, 0) is 31.9 Å². The van der Waals surface area contributed by atoms with Gasteiger partial charge in [0.2, 0.25) is 0 Å². The van der Waals surface area contributed by atoms with E-state index in [1.807, 2.05) is 25.1 Å². The lowest BCUT2D eigenvalue weighted by atomic mass is 10.1. The number of carbonyl (C=O) groups is 1. The molecule has 2 heterocycles. The maximum atomic E-state index is 11.6. The highest BCUT2D eigenvalue weighted by molar-refractivity contribution is 5.78. The molecule has 0 unspecified atom stereocenters. The summed E-state index contributed by atoms with van der Waals surface area (Å²) in [6.07, 6.45) is 3.16. The molecule has 0 bridgehead atoms. The first-order valence-corrected chi connectivity index (χ1v) is 7.57. The Bertz CT molecular complexity index is 498. The summed E-state index contributed by atoms with van der Waals surface area (Å²) in [6, 6.07) is 5.94. The van der Waals surface area contributed by atoms with E-state index in [1.165, 1.54) is 0 Å². The highest BCUT2D eigenvalue weighted by Crippen LogP contribution is 2.11. The summed E-state index contributed by atoms with van der Waals surface area (Å²) < 4.78 is 5.00. The summed E-state index contributed by atoms with van der Waals surface area (Å²) in [5.41, 5.74) is 6.78. The maximum Gasteiger partial charge on any atom is 0.409 e. The molecule has 2 rings (SSSR count). The number of amides is 1. The zero-order valence-corrected chi connectivity index (χ0v) is 12.9. The number of nitrogens with two attached hydrogens (primary N) is 1. The van der Waals surface area contributed by atoms with Gasteiger partial charge in [-0.1, -0.05) is 6.07 Å². The van der Waals surface area contributed by atoms with Crippen LogP contribution in [0.3, 0.4) is 0 Å². The first-order chi connectivity index (χ1) is 10.7. The average Bonchev–Trinajstić information content (AvgIpc) is 2.55. The second-order valence-corrected chi connectivity index (χ2v) is 5.13. The normalized spacial score (nSPS) is 16.4. The van der Waals surface area contributed by atoms with Gasteiger partial charge in [-0.25, -0.2) is 9.79 Å². The molecule has 0 radical (unpaired) electrons. The topological polar surface area (TPSA) is 92.8 Å². The monoisotopic (exact) mass is 305 g/mol. The van der Waals surface area contributed by atoms with Crippen LogP contribution in [0.15, 0.2) is 29.4 Å². The van der Waals surface area contributed by atoms with Crippen LogP contribution in [0.4, 0.5) is 4.79 Å². The summed E-state index contributed by atoms with van der Waals surface area (Å²) in [7, 11) is 0. The molecule has 1 aliphatic rings. The van der Waals surface area contributed by atoms with Crippen molar-refractivity contribution in [3.05, 3.63) is 30.1 Å². The third-order valence-electron chi connectivity index (χ3n) is 3.51. The Balaban J connectivity index is 1.74. The van der Waals surface area contributed by atoms with Crippen molar-refractivity contribution >= 4 is 12.1 Å². The minimum Gasteiger partial charge on any atom is -0.450 e. The summed E-state index contributed by atoms with van der Waals surface area (Å²) in [6.45, 7) is 4.02. The van der Waals surface area contributed by atoms with Crippen molar-refractivity contribution < 1.29 is 9.53 Å². The first kappa shape index (κ1) is 16.1. The van der Waals surface area contributed by atoms with Crippen LogP contribution >= 0.6 is 0 Å². The quantitative estimate of drug-likeness (QED) is 0.642. The summed E-state index contributed by atoms with van der Waals surface area (Å²) >= 11 is 0. The van der Waals surface area contributed by atoms with Crippen molar-refractivity contribution in [2.24, 2.45) is 10.7 Å². The van der Waals surface area contributed by atoms with E-state index in [0.717, 1.165) is 18.5 Å². The lowest BCUT2D eigenvalue weighted by Crippen LogP contribution is -2.48. The molecule has 7 nitrogen and oxygen atoms in total. The number of rotatable bonds is 4. The number of nitrogens with zero attached hydrogens (tertiary/aromatic N) is 3. The largest absolute Gasteiger partial charge is 0.450 e. The summed E-state index contributed by atoms with van der Waals surface area (Å²) in [5, 5.41) is 3.20. The van der Waals surface area contributed by atoms with Gasteiger partial charge in [0.1, 0.15) is 0 Å². The van der Waals surface area contributed by atoms with Gasteiger partial charge in [0.05, 0.1) is 18.8 Å². The number of ether oxygens (including phenoxy) is 1. The molecule has 1 aromatic rings. The molecule has 7 heteroatoms. The van der Waals surface area contributed by atoms with Gasteiger partial charge in [0.25, 0.3) is 0 Å². The van der Waals surface area contributed by atoms with E-state index in [-0.39, 0.29) is 12.1 Å². The summed E-state index contributed by atoms with van der Waals surface area (Å²) in [5.74, 6) is 0.417. The fourth-order valence-electron chi connectivity index (χ4n) is 2.33. The molecule has 0 saturated carbocycles. The number of hydrogen-bond donors (Lipinski definition) is 2. The zero-order valence-electron chi connectivity index (χ0n) is 12.9. The molecule has 0 aromatic carbocycles. The third kappa shape index (κ3) is 4.91. The second-order valence-electron chi connectivity index (χ2n) is 5.13. The number of guanidine groups is 1. The van der Waals surface area contributed by atoms with Gasteiger partial charge in [-0.3, -0.25) is 4.98 Å². The van der Waals surface area contributed by atoms with E-state index in [1.54, 1.807) is 11.1 Å². The van der Waals surface area contributed by atoms with E-state index in [9.17, 15) is 4.79 Å². The van der Waals surface area contributed by atoms with Crippen molar-refractivity contribution in [1.29, 1.82) is 0 Å². The molecule has 3 N–H and O–H groups in total. The van der Waals surface area contributed by atoms with Crippen LogP contribution in [-0.4, -0.2) is 47.7 Å². The van der Waals surface area contributed by atoms with Crippen LogP contribution in [0.5, 0.6) is 0 Å². The fourth-order valence-corrected chi connectivity index (χ4v) is 2.33. The van der Waals surface area contributed by atoms with Crippen molar-refractivity contribution in [2.45, 2.75) is 32.4 Å². The SMILES string of the molecule is CCOC(=O)N1CCC(NC(N)=NCc2ccccn2)CC1. The van der Waals surface area contributed by atoms with Crippen LogP contribution in [0.25, 0.3) is 0 Å². The second kappa shape index (κ2) is 8.21. The highest BCUT2D eigenvalue weighted by atomic mass is 16.6. The first-order valence-electron chi connectivity index (χ1n) is 7.57. The van der Waals surface area contributed by atoms with Crippen LogP contribution in [0.1, 0.15) is 25.5 Å². The third-order valence-corrected chi connectivity index (χ3v) is 3.51. The number of pyridine rings is 1. The number of nitrogens with one attached hydrogen (secondary N) is 1. The number of carbonyl (C=O) groups excluding carboxylic acids is 1. The van der Waals surface area contributed by atoms with E-state index in [0.29, 0.717) is 32.2 Å². The van der Waals surface area contributed by atoms with Crippen molar-refractivity contribution in [1.82, 2.24) is 15.2 Å². The van der Waals surface area contributed by atoms with Crippen molar-refractivity contribution in [3.8, 4) is 0 Å². The van der Waals surface area contributed by atoms with Crippen LogP contribution in [-0.2, 0) is 11.3 Å². The number of hydrogen-bond acceptors (Lipinski definition) is 4. The van der Waals surface area contributed by atoms with E-state index in [2.05, 4.69) is 15.3 Å². The average molecular weight is 305 g/mol. The lowest BCUT2D eigenvalue weighted by molar-refractivity contribution is 0.0963. The van der Waals surface area contributed by atoms with Crippen LogP contribution in [0.2, 0.25) is 0 Å². The van der Waals surface area contributed by atoms with E-state index >= 15 is 0 Å². The Hall–Kier alpha value is -2.31. The van der Waals surface area contributed by atoms with Gasteiger partial charge in [0, 0.05) is 25.3 Å². The van der Waals surface area contributed by atoms with E-state index in [4.69, 9.17) is 10.5 Å². The molecule has 1 aliphatic heterocycles. The van der Waals surface area contributed by atoms with Crippen LogP contribution < -0.4 is 11.1 Å². The predicted molar refractivity (Wildman–Crippen MR) is 84.3 cm³/mol. The van der Waals surface area contributed by atoms with Gasteiger partial charge in [-0.2, -0.15) is 0 Å². The Morgan fingerprint density at radius 1 is 1.50 bits per heavy atom. The fraction of sp³-hybridized carbons (Fsp3) is 0.533. The maximum absolute atomic E-state index is 11.6. The number of aromatic nitrogens is 1. The molecule has 1 amide bonds. The molecule has 120 valence electrons. The molecule has 0 aliphatic carbocycles. The highest BCUT2D eigenvalue weighted by Gasteiger charge is 2.23. The van der Waals surface area contributed by atoms with Gasteiger partial charge in [0.15, 0.2) is 5.96 Å². The molecule has 0 spiro atoms. The predicted octanol–water partition coefficient (Wildman–Crippen LogP) is 1.11.